The Balaban J connectivity index is 1.95. The van der Waals surface area contributed by atoms with Crippen molar-refractivity contribution < 1.29 is 9.84 Å². The summed E-state index contributed by atoms with van der Waals surface area (Å²) in [7, 11) is 0. The van der Waals surface area contributed by atoms with E-state index in [1.165, 1.54) is 6.21 Å². The Morgan fingerprint density at radius 2 is 2.29 bits per heavy atom. The third-order valence-corrected chi connectivity index (χ3v) is 3.96. The number of aliphatic imine (C=N–C) groups is 1. The van der Waals surface area contributed by atoms with Crippen molar-refractivity contribution in [3.05, 3.63) is 56.2 Å². The van der Waals surface area contributed by atoms with Crippen LogP contribution in [-0.4, -0.2) is 33.6 Å². The number of H-pyrrole nitrogens is 1. The van der Waals surface area contributed by atoms with E-state index in [2.05, 4.69) is 9.98 Å². The van der Waals surface area contributed by atoms with Crippen molar-refractivity contribution in [2.75, 3.05) is 6.61 Å². The highest BCUT2D eigenvalue weighted by atomic mass is 16.5. The minimum atomic E-state index is -0.669. The Labute approximate surface area is 138 Å². The van der Waals surface area contributed by atoms with E-state index in [1.807, 2.05) is 25.1 Å². The maximum Gasteiger partial charge on any atom is 0.331 e. The zero-order chi connectivity index (χ0) is 17.1. The van der Waals surface area contributed by atoms with Crippen molar-refractivity contribution in [1.82, 2.24) is 9.55 Å². The van der Waals surface area contributed by atoms with Crippen molar-refractivity contribution in [2.45, 2.75) is 32.4 Å². The molecule has 0 spiro atoms. The molecule has 7 heteroatoms. The summed E-state index contributed by atoms with van der Waals surface area (Å²) in [5, 5.41) is 10.3. The minimum Gasteiger partial charge on any atom is -0.494 e. The Bertz CT molecular complexity index is 876. The molecule has 2 heterocycles. The Hall–Kier alpha value is -2.67. The van der Waals surface area contributed by atoms with Gasteiger partial charge in [0.25, 0.3) is 5.56 Å². The van der Waals surface area contributed by atoms with Crippen molar-refractivity contribution in [2.24, 2.45) is 4.99 Å². The average molecular weight is 329 g/mol. The lowest BCUT2D eigenvalue weighted by atomic mass is 10.2. The van der Waals surface area contributed by atoms with Gasteiger partial charge in [0.05, 0.1) is 18.3 Å². The van der Waals surface area contributed by atoms with Gasteiger partial charge in [-0.1, -0.05) is 12.1 Å². The van der Waals surface area contributed by atoms with E-state index in [-0.39, 0.29) is 18.2 Å². The molecule has 2 N–H and O–H groups in total. The number of aromatic nitrogens is 2. The molecule has 0 bridgehead atoms. The number of hydrogen-bond acceptors (Lipinski definition) is 5. The summed E-state index contributed by atoms with van der Waals surface area (Å²) in [6.07, 6.45) is 2.87. The van der Waals surface area contributed by atoms with E-state index in [0.717, 1.165) is 23.0 Å². The fraction of sp³-hybridized carbons (Fsp3) is 0.353. The van der Waals surface area contributed by atoms with E-state index in [9.17, 15) is 14.7 Å². The van der Waals surface area contributed by atoms with Crippen LogP contribution in [0.5, 0.6) is 5.88 Å². The lowest BCUT2D eigenvalue weighted by molar-refractivity contribution is 0.0934. The van der Waals surface area contributed by atoms with Gasteiger partial charge in [-0.15, -0.1) is 0 Å². The van der Waals surface area contributed by atoms with Gasteiger partial charge in [-0.25, -0.2) is 4.79 Å². The van der Waals surface area contributed by atoms with Crippen LogP contribution in [-0.2, 0) is 11.3 Å². The molecule has 1 saturated heterocycles. The second-order valence-corrected chi connectivity index (χ2v) is 5.84. The molecular weight excluding hydrogens is 310 g/mol. The summed E-state index contributed by atoms with van der Waals surface area (Å²) in [5.74, 6) is -0.393. The van der Waals surface area contributed by atoms with Crippen LogP contribution in [0.2, 0.25) is 0 Å². The van der Waals surface area contributed by atoms with Crippen LogP contribution in [0.25, 0.3) is 0 Å². The molecule has 1 atom stereocenters. The lowest BCUT2D eigenvalue weighted by Crippen LogP contribution is -2.34. The second kappa shape index (κ2) is 6.84. The van der Waals surface area contributed by atoms with E-state index < -0.39 is 17.1 Å². The van der Waals surface area contributed by atoms with Crippen molar-refractivity contribution in [1.29, 1.82) is 0 Å². The van der Waals surface area contributed by atoms with Gasteiger partial charge in [0.15, 0.2) is 0 Å². The predicted molar refractivity (Wildman–Crippen MR) is 90.4 cm³/mol. The number of hydrogen-bond donors (Lipinski definition) is 2. The summed E-state index contributed by atoms with van der Waals surface area (Å²) < 4.78 is 6.60. The summed E-state index contributed by atoms with van der Waals surface area (Å²) >= 11 is 0. The maximum absolute atomic E-state index is 12.0. The second-order valence-electron chi connectivity index (χ2n) is 5.84. The van der Waals surface area contributed by atoms with Crippen LogP contribution in [0.15, 0.2) is 38.8 Å². The largest absolute Gasteiger partial charge is 0.494 e. The van der Waals surface area contributed by atoms with E-state index >= 15 is 0 Å². The maximum atomic E-state index is 12.0. The molecule has 1 aromatic heterocycles. The van der Waals surface area contributed by atoms with Gasteiger partial charge in [-0.05, 0) is 37.5 Å². The van der Waals surface area contributed by atoms with E-state index in [1.54, 1.807) is 6.07 Å². The molecule has 1 aliphatic rings. The van der Waals surface area contributed by atoms with Crippen LogP contribution in [0.3, 0.4) is 0 Å². The molecule has 0 amide bonds. The van der Waals surface area contributed by atoms with Crippen molar-refractivity contribution in [3.63, 3.8) is 0 Å². The van der Waals surface area contributed by atoms with Crippen LogP contribution in [0, 0.1) is 6.92 Å². The van der Waals surface area contributed by atoms with Gasteiger partial charge in [-0.2, -0.15) is 0 Å². The van der Waals surface area contributed by atoms with Crippen molar-refractivity contribution in [3.8, 4) is 5.88 Å². The summed E-state index contributed by atoms with van der Waals surface area (Å²) in [4.78, 5) is 30.4. The first-order valence-electron chi connectivity index (χ1n) is 7.83. The number of aromatic hydroxyl groups is 1. The monoisotopic (exact) mass is 329 g/mol. The quantitative estimate of drug-likeness (QED) is 0.830. The normalized spacial score (nSPS) is 17.6. The van der Waals surface area contributed by atoms with Gasteiger partial charge in [0, 0.05) is 12.8 Å². The van der Waals surface area contributed by atoms with E-state index in [0.29, 0.717) is 12.3 Å². The van der Waals surface area contributed by atoms with Crippen LogP contribution in [0.4, 0.5) is 5.69 Å². The molecule has 24 heavy (non-hydrogen) atoms. The standard InChI is InChI=1S/C17H19N3O4/c1-11-4-2-5-12(8-11)18-9-14-15(21)19-17(23)20(16(14)22)10-13-6-3-7-24-13/h2,4-5,8-9,13,22H,3,6-7,10H2,1H3,(H,19,21,23). The molecule has 126 valence electrons. The Kier molecular flexibility index (Phi) is 4.61. The first kappa shape index (κ1) is 16.2. The molecule has 1 aromatic carbocycles. The summed E-state index contributed by atoms with van der Waals surface area (Å²) in [6.45, 7) is 2.78. The summed E-state index contributed by atoms with van der Waals surface area (Å²) in [6, 6.07) is 7.43. The zero-order valence-electron chi connectivity index (χ0n) is 13.4. The van der Waals surface area contributed by atoms with Gasteiger partial charge in [-0.3, -0.25) is 19.3 Å². The molecule has 0 saturated carbocycles. The van der Waals surface area contributed by atoms with Gasteiger partial charge < -0.3 is 9.84 Å². The first-order chi connectivity index (χ1) is 11.5. The van der Waals surface area contributed by atoms with Gasteiger partial charge in [0.2, 0.25) is 5.88 Å². The third-order valence-electron chi connectivity index (χ3n) is 3.96. The summed E-state index contributed by atoms with van der Waals surface area (Å²) in [5.41, 5.74) is 0.323. The molecule has 1 fully saturated rings. The topological polar surface area (TPSA) is 96.7 Å². The lowest BCUT2D eigenvalue weighted by Gasteiger charge is -2.13. The third kappa shape index (κ3) is 3.46. The molecular formula is C17H19N3O4. The van der Waals surface area contributed by atoms with Crippen LogP contribution >= 0.6 is 0 Å². The Morgan fingerprint density at radius 3 is 3.00 bits per heavy atom. The zero-order valence-corrected chi connectivity index (χ0v) is 13.4. The number of rotatable bonds is 4. The van der Waals surface area contributed by atoms with Gasteiger partial charge in [0.1, 0.15) is 5.56 Å². The van der Waals surface area contributed by atoms with Crippen LogP contribution < -0.4 is 11.2 Å². The number of aromatic amines is 1. The highest BCUT2D eigenvalue weighted by Crippen LogP contribution is 2.18. The minimum absolute atomic E-state index is 0.0471. The molecule has 1 unspecified atom stereocenters. The number of benzene rings is 1. The molecule has 0 aliphatic carbocycles. The van der Waals surface area contributed by atoms with Gasteiger partial charge >= 0.3 is 5.69 Å². The molecule has 3 rings (SSSR count). The Morgan fingerprint density at radius 1 is 1.46 bits per heavy atom. The average Bonchev–Trinajstić information content (AvgIpc) is 3.04. The fourth-order valence-corrected chi connectivity index (χ4v) is 2.70. The molecule has 7 nitrogen and oxygen atoms in total. The van der Waals surface area contributed by atoms with Crippen LogP contribution in [0.1, 0.15) is 24.0 Å². The van der Waals surface area contributed by atoms with E-state index in [4.69, 9.17) is 4.74 Å². The highest BCUT2D eigenvalue weighted by Gasteiger charge is 2.20. The number of nitrogens with one attached hydrogen (secondary N) is 1. The van der Waals surface area contributed by atoms with Crippen molar-refractivity contribution >= 4 is 11.9 Å². The predicted octanol–water partition coefficient (Wildman–Crippen LogP) is 1.48. The molecule has 1 aliphatic heterocycles. The number of aryl methyl sites for hydroxylation is 1. The highest BCUT2D eigenvalue weighted by molar-refractivity contribution is 5.84. The fourth-order valence-electron chi connectivity index (χ4n) is 2.70. The molecule has 0 radical (unpaired) electrons. The number of ether oxygens (including phenoxy) is 1. The molecule has 2 aromatic rings. The SMILES string of the molecule is Cc1cccc(N=Cc2c(O)n(CC3CCCO3)c(=O)[nH]c2=O)c1. The first-order valence-corrected chi connectivity index (χ1v) is 7.83. The number of nitrogens with zero attached hydrogens (tertiary/aromatic N) is 2. The smallest absolute Gasteiger partial charge is 0.331 e.